The minimum atomic E-state index is -1.31. The van der Waals surface area contributed by atoms with E-state index < -0.39 is 65.1 Å². The van der Waals surface area contributed by atoms with Gasteiger partial charge in [-0.2, -0.15) is 0 Å². The SMILES string of the molecule is COCC1=C(C(=O)OC(C)OC(=O)OC(C)C)N2C(=O)C(NC(=O)/C(=N\OC)C(=O)CCl)[C@@H]2SC1. The summed E-state index contributed by atoms with van der Waals surface area (Å²) in [5.74, 6) is -3.52. The van der Waals surface area contributed by atoms with E-state index in [1.165, 1.54) is 25.8 Å². The number of alkyl halides is 1. The lowest BCUT2D eigenvalue weighted by atomic mass is 10.0. The van der Waals surface area contributed by atoms with Crippen LogP contribution < -0.4 is 5.32 Å². The number of hydrogen-bond donors (Lipinski definition) is 1. The van der Waals surface area contributed by atoms with Gasteiger partial charge in [0.15, 0.2) is 0 Å². The Kier molecular flexibility index (Phi) is 10.3. The molecule has 0 radical (unpaired) electrons. The third-order valence-electron chi connectivity index (χ3n) is 4.50. The van der Waals surface area contributed by atoms with E-state index in [0.29, 0.717) is 5.57 Å². The number of nitrogens with one attached hydrogen (secondary N) is 1. The molecule has 2 aliphatic rings. The van der Waals surface area contributed by atoms with E-state index >= 15 is 0 Å². The molecule has 13 nitrogen and oxygen atoms in total. The Labute approximate surface area is 210 Å². The van der Waals surface area contributed by atoms with Crippen molar-refractivity contribution in [2.75, 3.05) is 32.5 Å². The minimum Gasteiger partial charge on any atom is -0.431 e. The molecule has 0 saturated carbocycles. The van der Waals surface area contributed by atoms with Crippen LogP contribution in [0.15, 0.2) is 16.4 Å². The zero-order valence-electron chi connectivity index (χ0n) is 19.7. The molecular weight excluding hydrogens is 510 g/mol. The van der Waals surface area contributed by atoms with Crippen LogP contribution in [0.5, 0.6) is 0 Å². The number of rotatable bonds is 11. The topological polar surface area (TPSA) is 159 Å². The molecule has 2 rings (SSSR count). The molecule has 1 fully saturated rings. The van der Waals surface area contributed by atoms with Crippen LogP contribution in [-0.2, 0) is 43.0 Å². The van der Waals surface area contributed by atoms with Crippen molar-refractivity contribution in [2.24, 2.45) is 5.16 Å². The second kappa shape index (κ2) is 12.7. The number of methoxy groups -OCH3 is 1. The van der Waals surface area contributed by atoms with E-state index in [2.05, 4.69) is 15.3 Å². The Bertz CT molecular complexity index is 938. The summed E-state index contributed by atoms with van der Waals surface area (Å²) in [4.78, 5) is 67.5. The van der Waals surface area contributed by atoms with Gasteiger partial charge in [-0.1, -0.05) is 5.16 Å². The molecule has 194 valence electrons. The third kappa shape index (κ3) is 6.86. The van der Waals surface area contributed by atoms with Crippen LogP contribution >= 0.6 is 23.4 Å². The summed E-state index contributed by atoms with van der Waals surface area (Å²) in [5.41, 5.74) is -0.210. The molecule has 2 aliphatic heterocycles. The first-order valence-electron chi connectivity index (χ1n) is 10.3. The average Bonchev–Trinajstić information content (AvgIpc) is 2.79. The average molecular weight is 536 g/mol. The van der Waals surface area contributed by atoms with Gasteiger partial charge in [-0.15, -0.1) is 23.4 Å². The number of esters is 1. The van der Waals surface area contributed by atoms with E-state index in [4.69, 9.17) is 30.5 Å². The van der Waals surface area contributed by atoms with Crippen LogP contribution in [0.25, 0.3) is 0 Å². The first-order chi connectivity index (χ1) is 16.5. The van der Waals surface area contributed by atoms with Crippen molar-refractivity contribution in [3.05, 3.63) is 11.3 Å². The van der Waals surface area contributed by atoms with Gasteiger partial charge in [0, 0.05) is 19.8 Å². The fourth-order valence-electron chi connectivity index (χ4n) is 3.13. The molecule has 15 heteroatoms. The number of β-lactam (4-membered cyclic amide) rings is 1. The van der Waals surface area contributed by atoms with E-state index in [1.807, 2.05) is 0 Å². The number of hydrogen-bond acceptors (Lipinski definition) is 12. The molecule has 35 heavy (non-hydrogen) atoms. The Morgan fingerprint density at radius 2 is 1.86 bits per heavy atom. The standard InChI is InChI=1S/C20H26ClN3O10S/c1-9(2)32-20(29)34-10(3)33-19(28)15-11(7-30-4)8-35-18-14(17(27)24(15)18)22-16(26)13(23-31-5)12(25)6-21/h9-10,14,18H,6-8H2,1-5H3,(H,22,26)/b23-13-/t10?,14?,18-/m0/s1. The van der Waals surface area contributed by atoms with Crippen LogP contribution in [0, 0.1) is 0 Å². The molecular formula is C20H26ClN3O10S. The molecule has 0 aliphatic carbocycles. The maximum atomic E-state index is 12.9. The quantitative estimate of drug-likeness (QED) is 0.0748. The molecule has 1 N–H and O–H groups in total. The lowest BCUT2D eigenvalue weighted by molar-refractivity contribution is -0.169. The van der Waals surface area contributed by atoms with E-state index in [-0.39, 0.29) is 18.1 Å². The van der Waals surface area contributed by atoms with Crippen molar-refractivity contribution in [3.63, 3.8) is 0 Å². The number of fused-ring (bicyclic) bond motifs is 1. The first-order valence-corrected chi connectivity index (χ1v) is 11.9. The van der Waals surface area contributed by atoms with Crippen molar-refractivity contribution < 1.29 is 47.8 Å². The van der Waals surface area contributed by atoms with E-state index in [9.17, 15) is 24.0 Å². The molecule has 0 spiro atoms. The summed E-state index contributed by atoms with van der Waals surface area (Å²) in [5, 5.41) is 5.13. The predicted octanol–water partition coefficient (Wildman–Crippen LogP) is 0.548. The fourth-order valence-corrected chi connectivity index (χ4v) is 4.58. The summed E-state index contributed by atoms with van der Waals surface area (Å²) in [6.45, 7) is 4.60. The second-order valence-electron chi connectivity index (χ2n) is 7.43. The van der Waals surface area contributed by atoms with Crippen LogP contribution in [0.2, 0.25) is 0 Å². The Balaban J connectivity index is 2.17. The van der Waals surface area contributed by atoms with Gasteiger partial charge < -0.3 is 29.1 Å². The molecule has 2 heterocycles. The van der Waals surface area contributed by atoms with Crippen molar-refractivity contribution >= 4 is 58.8 Å². The molecule has 0 aromatic heterocycles. The van der Waals surface area contributed by atoms with E-state index in [0.717, 1.165) is 12.0 Å². The lowest BCUT2D eigenvalue weighted by Crippen LogP contribution is -2.71. The number of Topliss-reactive ketones (excluding diaryl/α,β-unsaturated/α-hetero) is 1. The maximum absolute atomic E-state index is 12.9. The molecule has 1 saturated heterocycles. The number of thioether (sulfide) groups is 1. The zero-order chi connectivity index (χ0) is 26.3. The number of oxime groups is 1. The largest absolute Gasteiger partial charge is 0.511 e. The highest BCUT2D eigenvalue weighted by Gasteiger charge is 2.55. The Morgan fingerprint density at radius 1 is 1.17 bits per heavy atom. The summed E-state index contributed by atoms with van der Waals surface area (Å²) >= 11 is 6.76. The number of amides is 2. The summed E-state index contributed by atoms with van der Waals surface area (Å²) in [7, 11) is 2.57. The Hall–Kier alpha value is -2.84. The lowest BCUT2D eigenvalue weighted by Gasteiger charge is -2.49. The van der Waals surface area contributed by atoms with Gasteiger partial charge in [-0.25, -0.2) is 9.59 Å². The predicted molar refractivity (Wildman–Crippen MR) is 122 cm³/mol. The monoisotopic (exact) mass is 535 g/mol. The van der Waals surface area contributed by atoms with Gasteiger partial charge in [0.2, 0.25) is 17.8 Å². The molecule has 0 aromatic rings. The summed E-state index contributed by atoms with van der Waals surface area (Å²) in [6.07, 6.45) is -2.76. The van der Waals surface area contributed by atoms with Crippen LogP contribution in [-0.4, -0.2) is 96.6 Å². The summed E-state index contributed by atoms with van der Waals surface area (Å²) in [6, 6.07) is -1.06. The zero-order valence-corrected chi connectivity index (χ0v) is 21.3. The molecule has 0 bridgehead atoms. The third-order valence-corrected chi connectivity index (χ3v) is 6.08. The van der Waals surface area contributed by atoms with Gasteiger partial charge >= 0.3 is 12.1 Å². The smallest absolute Gasteiger partial charge is 0.431 e. The number of carbonyl (C=O) groups is 5. The number of ether oxygens (including phenoxy) is 4. The van der Waals surface area contributed by atoms with Crippen molar-refractivity contribution in [1.82, 2.24) is 10.2 Å². The number of carbonyl (C=O) groups excluding carboxylic acids is 5. The minimum absolute atomic E-state index is 0.0322. The van der Waals surface area contributed by atoms with Crippen molar-refractivity contribution in [2.45, 2.75) is 44.6 Å². The Morgan fingerprint density at radius 3 is 2.43 bits per heavy atom. The van der Waals surface area contributed by atoms with Crippen LogP contribution in [0.1, 0.15) is 20.8 Å². The van der Waals surface area contributed by atoms with E-state index in [1.54, 1.807) is 13.8 Å². The normalized spacial score (nSPS) is 20.5. The van der Waals surface area contributed by atoms with Crippen LogP contribution in [0.3, 0.4) is 0 Å². The van der Waals surface area contributed by atoms with Crippen LogP contribution in [0.4, 0.5) is 4.79 Å². The highest BCUT2D eigenvalue weighted by atomic mass is 35.5. The highest BCUT2D eigenvalue weighted by molar-refractivity contribution is 8.00. The summed E-state index contributed by atoms with van der Waals surface area (Å²) < 4.78 is 20.1. The van der Waals surface area contributed by atoms with Gasteiger partial charge in [-0.05, 0) is 19.4 Å². The van der Waals surface area contributed by atoms with Crippen molar-refractivity contribution in [1.29, 1.82) is 0 Å². The van der Waals surface area contributed by atoms with Gasteiger partial charge in [0.1, 0.15) is 24.2 Å². The molecule has 2 amide bonds. The number of halogens is 1. The maximum Gasteiger partial charge on any atom is 0.511 e. The number of ketones is 1. The molecule has 2 unspecified atom stereocenters. The van der Waals surface area contributed by atoms with Gasteiger partial charge in [-0.3, -0.25) is 19.3 Å². The highest BCUT2D eigenvalue weighted by Crippen LogP contribution is 2.40. The van der Waals surface area contributed by atoms with Crippen molar-refractivity contribution in [3.8, 4) is 0 Å². The fraction of sp³-hybridized carbons (Fsp3) is 0.600. The number of nitrogens with zero attached hydrogens (tertiary/aromatic N) is 2. The van der Waals surface area contributed by atoms with Gasteiger partial charge in [0.25, 0.3) is 11.8 Å². The molecule has 0 aromatic carbocycles. The first kappa shape index (κ1) is 28.4. The molecule has 3 atom stereocenters. The van der Waals surface area contributed by atoms with Gasteiger partial charge in [0.05, 0.1) is 18.6 Å². The second-order valence-corrected chi connectivity index (χ2v) is 8.81.